The van der Waals surface area contributed by atoms with Crippen LogP contribution in [0.4, 0.5) is 16.5 Å². The molecule has 1 fully saturated rings. The Bertz CT molecular complexity index is 1670. The number of methoxy groups -OCH3 is 1. The Morgan fingerprint density at radius 3 is 2.98 bits per heavy atom. The van der Waals surface area contributed by atoms with Gasteiger partial charge in [0.2, 0.25) is 5.91 Å². The number of carbonyl (C=O) groups is 1. The predicted molar refractivity (Wildman–Crippen MR) is 160 cm³/mol. The summed E-state index contributed by atoms with van der Waals surface area (Å²) in [6.45, 7) is 7.47. The molecule has 0 bridgehead atoms. The zero-order chi connectivity index (χ0) is 28.3. The fourth-order valence-electron chi connectivity index (χ4n) is 5.26. The molecular weight excluding hydrogens is 538 g/mol. The highest BCUT2D eigenvalue weighted by Gasteiger charge is 2.19. The minimum absolute atomic E-state index is 0.0748. The van der Waals surface area contributed by atoms with E-state index in [1.165, 1.54) is 24.4 Å². The van der Waals surface area contributed by atoms with E-state index in [-0.39, 0.29) is 12.5 Å². The standard InChI is InChI=1S/C29H33N9O2S/c1-19-6-5-9-36(14-19)17-23-11-27(41-35-23)34-28-29-30-13-25(38(29)15-20(2)32-28)21-12-31-37(16-21)18-26(39)33-22-7-4-8-24(10-22)40-3/h4,7-8,10-13,15-16,19H,5-6,9,14,17-18H2,1-3H3,(H,32,34)(H,33,39). The number of anilines is 3. The number of piperidine rings is 1. The van der Waals surface area contributed by atoms with E-state index in [2.05, 4.69) is 43.0 Å². The summed E-state index contributed by atoms with van der Waals surface area (Å²) in [4.78, 5) is 24.5. The minimum Gasteiger partial charge on any atom is -0.497 e. The van der Waals surface area contributed by atoms with E-state index in [1.54, 1.807) is 30.3 Å². The largest absolute Gasteiger partial charge is 0.497 e. The summed E-state index contributed by atoms with van der Waals surface area (Å²) in [5, 5.41) is 11.7. The Labute approximate surface area is 242 Å². The van der Waals surface area contributed by atoms with Gasteiger partial charge in [0.1, 0.15) is 17.3 Å². The summed E-state index contributed by atoms with van der Waals surface area (Å²) < 4.78 is 13.5. The van der Waals surface area contributed by atoms with Gasteiger partial charge in [-0.25, -0.2) is 9.97 Å². The third-order valence-corrected chi connectivity index (χ3v) is 7.87. The van der Waals surface area contributed by atoms with Crippen molar-refractivity contribution in [2.45, 2.75) is 39.8 Å². The summed E-state index contributed by atoms with van der Waals surface area (Å²) in [7, 11) is 1.59. The summed E-state index contributed by atoms with van der Waals surface area (Å²) in [6.07, 6.45) is 9.89. The average molecular weight is 572 g/mol. The lowest BCUT2D eigenvalue weighted by Gasteiger charge is -2.30. The van der Waals surface area contributed by atoms with E-state index < -0.39 is 0 Å². The lowest BCUT2D eigenvalue weighted by atomic mass is 10.0. The van der Waals surface area contributed by atoms with Crippen molar-refractivity contribution in [1.29, 1.82) is 0 Å². The molecule has 12 heteroatoms. The molecule has 1 aromatic carbocycles. The second-order valence-electron chi connectivity index (χ2n) is 10.6. The highest BCUT2D eigenvalue weighted by molar-refractivity contribution is 7.10. The van der Waals surface area contributed by atoms with Crippen molar-refractivity contribution in [2.24, 2.45) is 5.92 Å². The normalized spacial score (nSPS) is 15.7. The molecule has 0 aliphatic carbocycles. The summed E-state index contributed by atoms with van der Waals surface area (Å²) in [6, 6.07) is 9.35. The number of hydrogen-bond acceptors (Lipinski definition) is 9. The van der Waals surface area contributed by atoms with Crippen LogP contribution in [0.5, 0.6) is 5.75 Å². The molecule has 1 aliphatic rings. The van der Waals surface area contributed by atoms with Crippen molar-refractivity contribution < 1.29 is 9.53 Å². The quantitative estimate of drug-likeness (QED) is 0.255. The number of ether oxygens (including phenoxy) is 1. The molecule has 0 radical (unpaired) electrons. The zero-order valence-corrected chi connectivity index (χ0v) is 24.2. The Morgan fingerprint density at radius 2 is 2.12 bits per heavy atom. The number of likely N-dealkylation sites (tertiary alicyclic amines) is 1. The number of benzene rings is 1. The number of fused-ring (bicyclic) bond motifs is 1. The van der Waals surface area contributed by atoms with Gasteiger partial charge in [0.15, 0.2) is 11.5 Å². The van der Waals surface area contributed by atoms with Gasteiger partial charge in [-0.3, -0.25) is 18.8 Å². The molecule has 2 N–H and O–H groups in total. The van der Waals surface area contributed by atoms with E-state index in [4.69, 9.17) is 9.72 Å². The van der Waals surface area contributed by atoms with Crippen LogP contribution in [-0.4, -0.2) is 59.5 Å². The van der Waals surface area contributed by atoms with Crippen molar-refractivity contribution in [2.75, 3.05) is 30.8 Å². The molecule has 1 unspecified atom stereocenters. The number of aromatic nitrogens is 6. The number of nitrogens with one attached hydrogen (secondary N) is 2. The molecule has 5 aromatic rings. The summed E-state index contributed by atoms with van der Waals surface area (Å²) in [5.74, 6) is 1.90. The van der Waals surface area contributed by atoms with Crippen molar-refractivity contribution >= 4 is 39.6 Å². The number of aryl methyl sites for hydroxylation is 1. The van der Waals surface area contributed by atoms with Gasteiger partial charge < -0.3 is 15.4 Å². The first-order valence-corrected chi connectivity index (χ1v) is 14.5. The molecule has 1 amide bonds. The smallest absolute Gasteiger partial charge is 0.246 e. The van der Waals surface area contributed by atoms with Gasteiger partial charge in [0.25, 0.3) is 0 Å². The number of imidazole rings is 1. The molecule has 212 valence electrons. The first-order chi connectivity index (χ1) is 19.9. The number of nitrogens with zero attached hydrogens (tertiary/aromatic N) is 7. The summed E-state index contributed by atoms with van der Waals surface area (Å²) in [5.41, 5.74) is 4.99. The van der Waals surface area contributed by atoms with Gasteiger partial charge in [-0.1, -0.05) is 13.0 Å². The first kappa shape index (κ1) is 26.9. The monoisotopic (exact) mass is 571 g/mol. The van der Waals surface area contributed by atoms with Crippen LogP contribution < -0.4 is 15.4 Å². The fourth-order valence-corrected chi connectivity index (χ4v) is 5.92. The molecule has 0 spiro atoms. The second-order valence-corrected chi connectivity index (χ2v) is 11.4. The van der Waals surface area contributed by atoms with Crippen molar-refractivity contribution in [3.8, 4) is 17.0 Å². The topological polar surface area (TPSA) is 114 Å². The predicted octanol–water partition coefficient (Wildman–Crippen LogP) is 4.98. The van der Waals surface area contributed by atoms with Gasteiger partial charge in [0.05, 0.1) is 36.6 Å². The number of amides is 1. The lowest BCUT2D eigenvalue weighted by molar-refractivity contribution is -0.116. The zero-order valence-electron chi connectivity index (χ0n) is 23.4. The van der Waals surface area contributed by atoms with Gasteiger partial charge in [-0.05, 0) is 62.0 Å². The van der Waals surface area contributed by atoms with Crippen LogP contribution in [0.2, 0.25) is 0 Å². The Morgan fingerprint density at radius 1 is 1.22 bits per heavy atom. The van der Waals surface area contributed by atoms with Crippen molar-refractivity contribution in [3.63, 3.8) is 0 Å². The van der Waals surface area contributed by atoms with E-state index in [0.29, 0.717) is 22.9 Å². The second kappa shape index (κ2) is 11.7. The lowest BCUT2D eigenvalue weighted by Crippen LogP contribution is -2.33. The molecule has 6 rings (SSSR count). The van der Waals surface area contributed by atoms with E-state index in [9.17, 15) is 4.79 Å². The third-order valence-electron chi connectivity index (χ3n) is 7.13. The highest BCUT2D eigenvalue weighted by atomic mass is 32.1. The maximum absolute atomic E-state index is 12.6. The van der Waals surface area contributed by atoms with Crippen LogP contribution in [-0.2, 0) is 17.9 Å². The first-order valence-electron chi connectivity index (χ1n) is 13.7. The van der Waals surface area contributed by atoms with Crippen LogP contribution >= 0.6 is 11.5 Å². The molecule has 5 heterocycles. The van der Waals surface area contributed by atoms with Crippen molar-refractivity contribution in [1.82, 2.24) is 33.4 Å². The average Bonchev–Trinajstić information content (AvgIpc) is 3.69. The van der Waals surface area contributed by atoms with E-state index in [0.717, 1.165) is 53.2 Å². The van der Waals surface area contributed by atoms with Gasteiger partial charge in [0, 0.05) is 42.8 Å². The van der Waals surface area contributed by atoms with Crippen LogP contribution in [0.3, 0.4) is 0 Å². The molecule has 1 saturated heterocycles. The van der Waals surface area contributed by atoms with E-state index >= 15 is 0 Å². The van der Waals surface area contributed by atoms with Crippen LogP contribution in [0.15, 0.2) is 55.1 Å². The molecular formula is C29H33N9O2S. The fraction of sp³-hybridized carbons (Fsp3) is 0.345. The molecule has 0 saturated carbocycles. The summed E-state index contributed by atoms with van der Waals surface area (Å²) >= 11 is 1.44. The van der Waals surface area contributed by atoms with Gasteiger partial charge in [-0.2, -0.15) is 9.47 Å². The van der Waals surface area contributed by atoms with Crippen LogP contribution in [0, 0.1) is 12.8 Å². The number of rotatable bonds is 9. The number of carbonyl (C=O) groups excluding carboxylic acids is 1. The number of hydrogen-bond donors (Lipinski definition) is 2. The Hall–Kier alpha value is -4.29. The maximum atomic E-state index is 12.6. The molecule has 1 atom stereocenters. The Kier molecular flexibility index (Phi) is 7.66. The van der Waals surface area contributed by atoms with Gasteiger partial charge >= 0.3 is 0 Å². The van der Waals surface area contributed by atoms with Crippen molar-refractivity contribution in [3.05, 3.63) is 66.5 Å². The third kappa shape index (κ3) is 6.23. The molecule has 4 aromatic heterocycles. The highest BCUT2D eigenvalue weighted by Crippen LogP contribution is 2.28. The van der Waals surface area contributed by atoms with Crippen LogP contribution in [0.25, 0.3) is 16.9 Å². The van der Waals surface area contributed by atoms with Crippen LogP contribution in [0.1, 0.15) is 31.2 Å². The molecule has 11 nitrogen and oxygen atoms in total. The minimum atomic E-state index is -0.184. The van der Waals surface area contributed by atoms with Gasteiger partial charge in [-0.15, -0.1) is 0 Å². The van der Waals surface area contributed by atoms with E-state index in [1.807, 2.05) is 41.9 Å². The maximum Gasteiger partial charge on any atom is 0.246 e. The Balaban J connectivity index is 1.16. The SMILES string of the molecule is COc1cccc(NC(=O)Cn2cc(-c3cnc4c(Nc5cc(CN6CCCC(C)C6)ns5)nc(C)cn34)cn2)c1. The molecule has 41 heavy (non-hydrogen) atoms. The molecule has 1 aliphatic heterocycles.